The lowest BCUT2D eigenvalue weighted by molar-refractivity contribution is 0.137. The molecule has 0 saturated carbocycles. The molecule has 0 aliphatic rings. The normalized spacial score (nSPS) is 13.5. The largest absolute Gasteiger partial charge is 0.384 e. The molecule has 0 aliphatic carbocycles. The molecule has 0 aromatic carbocycles. The number of hydrogen-bond donors (Lipinski definition) is 2. The Morgan fingerprint density at radius 1 is 1.90 bits per heavy atom. The molecule has 0 radical (unpaired) electrons. The lowest BCUT2D eigenvalue weighted by atomic mass is 10.2. The van der Waals surface area contributed by atoms with Crippen molar-refractivity contribution < 1.29 is 9.50 Å². The minimum atomic E-state index is -1.08. The van der Waals surface area contributed by atoms with Gasteiger partial charge >= 0.3 is 0 Å². The lowest BCUT2D eigenvalue weighted by Crippen LogP contribution is -1.98. The first-order chi connectivity index (χ1) is 4.74. The average Bonchev–Trinajstić information content (AvgIpc) is 2.34. The van der Waals surface area contributed by atoms with Crippen LogP contribution in [0.5, 0.6) is 0 Å². The number of aliphatic hydroxyl groups excluding tert-OH is 1. The maximum absolute atomic E-state index is 11.8. The molecule has 10 heavy (non-hydrogen) atoms. The Morgan fingerprint density at radius 3 is 3.00 bits per heavy atom. The van der Waals surface area contributed by atoms with E-state index in [0.29, 0.717) is 5.69 Å². The van der Waals surface area contributed by atoms with Crippen molar-refractivity contribution in [3.63, 3.8) is 0 Å². The van der Waals surface area contributed by atoms with Gasteiger partial charge in [-0.3, -0.25) is 5.10 Å². The summed E-state index contributed by atoms with van der Waals surface area (Å²) < 4.78 is 11.8. The number of rotatable bonds is 2. The molecule has 56 valence electrons. The molecule has 4 heteroatoms. The van der Waals surface area contributed by atoms with E-state index in [-0.39, 0.29) is 0 Å². The van der Waals surface area contributed by atoms with Gasteiger partial charge in [-0.25, -0.2) is 4.39 Å². The van der Waals surface area contributed by atoms with Gasteiger partial charge in [0.2, 0.25) is 0 Å². The van der Waals surface area contributed by atoms with Gasteiger partial charge in [0, 0.05) is 5.69 Å². The molecule has 1 unspecified atom stereocenters. The van der Waals surface area contributed by atoms with Gasteiger partial charge in [-0.1, -0.05) is 0 Å². The molecule has 1 heterocycles. The average molecular weight is 144 g/mol. The zero-order valence-corrected chi connectivity index (χ0v) is 5.63. The lowest BCUT2D eigenvalue weighted by Gasteiger charge is -1.97. The summed E-state index contributed by atoms with van der Waals surface area (Å²) in [6.45, 7) is 1.01. The molecule has 1 aromatic rings. The summed E-state index contributed by atoms with van der Waals surface area (Å²) in [7, 11) is 0. The van der Waals surface area contributed by atoms with Crippen molar-refractivity contribution >= 4 is 0 Å². The third-order valence-corrected chi connectivity index (χ3v) is 1.21. The fourth-order valence-electron chi connectivity index (χ4n) is 0.689. The second-order valence-corrected chi connectivity index (χ2v) is 2.15. The summed E-state index contributed by atoms with van der Waals surface area (Å²) in [6.07, 6.45) is -1.08. The van der Waals surface area contributed by atoms with Crippen LogP contribution in [0.2, 0.25) is 0 Å². The fourth-order valence-corrected chi connectivity index (χ4v) is 0.689. The second-order valence-electron chi connectivity index (χ2n) is 2.15. The SMILES string of the molecule is Cc1cc(C(O)CF)n[nH]1. The van der Waals surface area contributed by atoms with E-state index in [1.165, 1.54) is 0 Å². The Balaban J connectivity index is 2.74. The highest BCUT2D eigenvalue weighted by Crippen LogP contribution is 2.09. The minimum absolute atomic E-state index is 0.361. The third-order valence-electron chi connectivity index (χ3n) is 1.21. The highest BCUT2D eigenvalue weighted by atomic mass is 19.1. The Hall–Kier alpha value is -0.900. The van der Waals surface area contributed by atoms with E-state index in [4.69, 9.17) is 5.11 Å². The predicted molar refractivity (Wildman–Crippen MR) is 34.3 cm³/mol. The van der Waals surface area contributed by atoms with E-state index >= 15 is 0 Å². The number of nitrogens with one attached hydrogen (secondary N) is 1. The van der Waals surface area contributed by atoms with Gasteiger partial charge in [0.1, 0.15) is 12.8 Å². The number of aromatic amines is 1. The summed E-state index contributed by atoms with van der Waals surface area (Å²) in [4.78, 5) is 0. The van der Waals surface area contributed by atoms with Crippen LogP contribution in [0.25, 0.3) is 0 Å². The summed E-state index contributed by atoms with van der Waals surface area (Å²) >= 11 is 0. The van der Waals surface area contributed by atoms with Crippen LogP contribution in [0.4, 0.5) is 4.39 Å². The predicted octanol–water partition coefficient (Wildman–Crippen LogP) is 0.721. The van der Waals surface area contributed by atoms with Gasteiger partial charge in [0.05, 0.1) is 5.69 Å². The number of nitrogens with zero attached hydrogens (tertiary/aromatic N) is 1. The summed E-state index contributed by atoms with van der Waals surface area (Å²) in [6, 6.07) is 1.62. The number of aromatic nitrogens is 2. The molecule has 0 fully saturated rings. The molecule has 1 rings (SSSR count). The molecule has 3 nitrogen and oxygen atoms in total. The number of H-pyrrole nitrogens is 1. The van der Waals surface area contributed by atoms with E-state index in [0.717, 1.165) is 5.69 Å². The highest BCUT2D eigenvalue weighted by molar-refractivity contribution is 5.09. The molecule has 2 N–H and O–H groups in total. The van der Waals surface area contributed by atoms with E-state index in [1.54, 1.807) is 13.0 Å². The second kappa shape index (κ2) is 2.79. The van der Waals surface area contributed by atoms with Crippen molar-refractivity contribution in [2.75, 3.05) is 6.67 Å². The number of hydrogen-bond acceptors (Lipinski definition) is 2. The summed E-state index contributed by atoms with van der Waals surface area (Å²) in [5.74, 6) is 0. The van der Waals surface area contributed by atoms with Crippen LogP contribution in [0.3, 0.4) is 0 Å². The molecule has 1 atom stereocenters. The molecule has 0 aliphatic heterocycles. The summed E-state index contributed by atoms with van der Waals surface area (Å²) in [5, 5.41) is 15.2. The van der Waals surface area contributed by atoms with Gasteiger partial charge in [-0.2, -0.15) is 5.10 Å². The first kappa shape index (κ1) is 7.21. The van der Waals surface area contributed by atoms with Crippen molar-refractivity contribution in [3.05, 3.63) is 17.5 Å². The van der Waals surface area contributed by atoms with Gasteiger partial charge in [-0.05, 0) is 13.0 Å². The zero-order chi connectivity index (χ0) is 7.56. The van der Waals surface area contributed by atoms with E-state index < -0.39 is 12.8 Å². The van der Waals surface area contributed by atoms with Crippen LogP contribution in [-0.4, -0.2) is 22.0 Å². The Morgan fingerprint density at radius 2 is 2.60 bits per heavy atom. The van der Waals surface area contributed by atoms with Gasteiger partial charge in [0.25, 0.3) is 0 Å². The zero-order valence-electron chi connectivity index (χ0n) is 5.63. The van der Waals surface area contributed by atoms with Crippen LogP contribution < -0.4 is 0 Å². The molecule has 0 saturated heterocycles. The Kier molecular flexibility index (Phi) is 2.01. The standard InChI is InChI=1S/C6H9FN2O/c1-4-2-5(9-8-4)6(10)3-7/h2,6,10H,3H2,1H3,(H,8,9). The number of aryl methyl sites for hydroxylation is 1. The Labute approximate surface area is 57.9 Å². The van der Waals surface area contributed by atoms with Crippen LogP contribution in [-0.2, 0) is 0 Å². The first-order valence-corrected chi connectivity index (χ1v) is 3.00. The van der Waals surface area contributed by atoms with E-state index in [1.807, 2.05) is 0 Å². The summed E-state index contributed by atoms with van der Waals surface area (Å²) in [5.41, 5.74) is 1.18. The molecule has 0 spiro atoms. The maximum Gasteiger partial charge on any atom is 0.126 e. The molecule has 0 amide bonds. The van der Waals surface area contributed by atoms with Crippen LogP contribution in [0.15, 0.2) is 6.07 Å². The van der Waals surface area contributed by atoms with Crippen molar-refractivity contribution in [2.24, 2.45) is 0 Å². The monoisotopic (exact) mass is 144 g/mol. The van der Waals surface area contributed by atoms with Gasteiger partial charge in [-0.15, -0.1) is 0 Å². The van der Waals surface area contributed by atoms with Crippen molar-refractivity contribution in [1.82, 2.24) is 10.2 Å². The molecular formula is C6H9FN2O. The Bertz CT molecular complexity index is 211. The fraction of sp³-hybridized carbons (Fsp3) is 0.500. The first-order valence-electron chi connectivity index (χ1n) is 3.00. The molecule has 1 aromatic heterocycles. The quantitative estimate of drug-likeness (QED) is 0.642. The van der Waals surface area contributed by atoms with E-state index in [9.17, 15) is 4.39 Å². The third kappa shape index (κ3) is 1.33. The van der Waals surface area contributed by atoms with Crippen LogP contribution in [0, 0.1) is 6.92 Å². The van der Waals surface area contributed by atoms with Gasteiger partial charge in [0.15, 0.2) is 0 Å². The molecule has 0 bridgehead atoms. The number of halogens is 1. The maximum atomic E-state index is 11.8. The number of alkyl halides is 1. The van der Waals surface area contributed by atoms with Crippen molar-refractivity contribution in [1.29, 1.82) is 0 Å². The smallest absolute Gasteiger partial charge is 0.126 e. The van der Waals surface area contributed by atoms with E-state index in [2.05, 4.69) is 10.2 Å². The van der Waals surface area contributed by atoms with Crippen molar-refractivity contribution in [3.8, 4) is 0 Å². The molecular weight excluding hydrogens is 135 g/mol. The number of aliphatic hydroxyl groups is 1. The van der Waals surface area contributed by atoms with Crippen LogP contribution in [0.1, 0.15) is 17.5 Å². The minimum Gasteiger partial charge on any atom is -0.384 e. The topological polar surface area (TPSA) is 48.9 Å². The highest BCUT2D eigenvalue weighted by Gasteiger charge is 2.08. The van der Waals surface area contributed by atoms with Crippen molar-refractivity contribution in [2.45, 2.75) is 13.0 Å². The van der Waals surface area contributed by atoms with Crippen LogP contribution >= 0.6 is 0 Å². The van der Waals surface area contributed by atoms with Gasteiger partial charge < -0.3 is 5.11 Å².